The van der Waals surface area contributed by atoms with Gasteiger partial charge in [0.2, 0.25) is 0 Å². The van der Waals surface area contributed by atoms with Crippen LogP contribution in [-0.4, -0.2) is 77.2 Å². The van der Waals surface area contributed by atoms with Crippen molar-refractivity contribution in [3.63, 3.8) is 0 Å². The van der Waals surface area contributed by atoms with Crippen molar-refractivity contribution in [2.45, 2.75) is 70.6 Å². The number of carboxylic acids is 1. The van der Waals surface area contributed by atoms with Crippen molar-refractivity contribution in [1.82, 2.24) is 10.2 Å². The van der Waals surface area contributed by atoms with Crippen molar-refractivity contribution in [3.8, 4) is 11.1 Å². The van der Waals surface area contributed by atoms with Crippen molar-refractivity contribution in [2.75, 3.05) is 43.1 Å². The van der Waals surface area contributed by atoms with E-state index in [1.807, 2.05) is 61.3 Å². The molecular formula is C33H46N2O4S2. The molecule has 2 aromatic carbocycles. The van der Waals surface area contributed by atoms with Gasteiger partial charge in [-0.3, -0.25) is 9.69 Å². The molecule has 1 saturated heterocycles. The third-order valence-corrected chi connectivity index (χ3v) is 9.94. The van der Waals surface area contributed by atoms with Gasteiger partial charge in [-0.05, 0) is 72.1 Å². The van der Waals surface area contributed by atoms with E-state index in [2.05, 4.69) is 16.3 Å². The summed E-state index contributed by atoms with van der Waals surface area (Å²) < 4.78 is 6.67. The first kappa shape index (κ1) is 31.9. The fraction of sp³-hybridized carbons (Fsp3) is 0.576. The van der Waals surface area contributed by atoms with Crippen LogP contribution >= 0.6 is 23.5 Å². The zero-order valence-corrected chi connectivity index (χ0v) is 26.2. The van der Waals surface area contributed by atoms with Gasteiger partial charge in [-0.25, -0.2) is 4.79 Å². The number of benzene rings is 2. The molecule has 1 unspecified atom stereocenters. The molecular weight excluding hydrogens is 553 g/mol. The Hall–Kier alpha value is -2.00. The van der Waals surface area contributed by atoms with Gasteiger partial charge in [-0.2, -0.15) is 23.5 Å². The number of carbonyl (C=O) groups is 2. The topological polar surface area (TPSA) is 78.9 Å². The van der Waals surface area contributed by atoms with Crippen LogP contribution in [0.3, 0.4) is 0 Å². The van der Waals surface area contributed by atoms with Crippen LogP contribution in [0, 0.1) is 12.8 Å². The third-order valence-electron chi connectivity index (χ3n) is 8.35. The molecule has 2 aliphatic rings. The minimum absolute atomic E-state index is 0.193. The van der Waals surface area contributed by atoms with E-state index in [0.717, 1.165) is 54.2 Å². The molecule has 2 atom stereocenters. The lowest BCUT2D eigenvalue weighted by Crippen LogP contribution is -2.41. The van der Waals surface area contributed by atoms with Gasteiger partial charge in [-0.15, -0.1) is 0 Å². The van der Waals surface area contributed by atoms with Crippen LogP contribution in [0.4, 0.5) is 0 Å². The number of nitrogens with zero attached hydrogens (tertiary/aromatic N) is 1. The van der Waals surface area contributed by atoms with E-state index in [0.29, 0.717) is 24.3 Å². The first-order valence-electron chi connectivity index (χ1n) is 15.1. The second-order valence-electron chi connectivity index (χ2n) is 11.4. The fourth-order valence-corrected chi connectivity index (χ4v) is 7.43. The van der Waals surface area contributed by atoms with E-state index >= 15 is 0 Å². The van der Waals surface area contributed by atoms with Crippen LogP contribution in [0.15, 0.2) is 42.5 Å². The fourth-order valence-electron chi connectivity index (χ4n) is 5.98. The Morgan fingerprint density at radius 1 is 1.10 bits per heavy atom. The predicted octanol–water partition coefficient (Wildman–Crippen LogP) is 6.50. The van der Waals surface area contributed by atoms with Gasteiger partial charge < -0.3 is 15.2 Å². The first-order chi connectivity index (χ1) is 19.9. The average molecular weight is 599 g/mol. The molecule has 8 heteroatoms. The van der Waals surface area contributed by atoms with E-state index < -0.39 is 12.0 Å². The molecule has 2 aromatic rings. The summed E-state index contributed by atoms with van der Waals surface area (Å²) in [7, 11) is 0. The van der Waals surface area contributed by atoms with Crippen molar-refractivity contribution in [3.05, 3.63) is 59.2 Å². The quantitative estimate of drug-likeness (QED) is 0.257. The molecule has 1 heterocycles. The van der Waals surface area contributed by atoms with E-state index in [4.69, 9.17) is 4.74 Å². The summed E-state index contributed by atoms with van der Waals surface area (Å²) in [5.74, 6) is 2.43. The van der Waals surface area contributed by atoms with Crippen molar-refractivity contribution < 1.29 is 19.4 Å². The van der Waals surface area contributed by atoms with Crippen LogP contribution < -0.4 is 5.32 Å². The van der Waals surface area contributed by atoms with E-state index in [1.54, 1.807) is 11.8 Å². The molecule has 0 aromatic heterocycles. The number of rotatable bonds is 14. The number of carbonyl (C=O) groups excluding carboxylic acids is 1. The van der Waals surface area contributed by atoms with Gasteiger partial charge in [0.15, 0.2) is 0 Å². The van der Waals surface area contributed by atoms with Gasteiger partial charge in [0, 0.05) is 36.7 Å². The number of hydrogen-bond donors (Lipinski definition) is 2. The van der Waals surface area contributed by atoms with Crippen LogP contribution in [0.5, 0.6) is 0 Å². The highest BCUT2D eigenvalue weighted by molar-refractivity contribution is 7.99. The van der Waals surface area contributed by atoms with Crippen molar-refractivity contribution in [1.29, 1.82) is 0 Å². The van der Waals surface area contributed by atoms with Crippen molar-refractivity contribution >= 4 is 35.4 Å². The van der Waals surface area contributed by atoms with Gasteiger partial charge in [-0.1, -0.05) is 62.4 Å². The largest absolute Gasteiger partial charge is 0.480 e. The lowest BCUT2D eigenvalue weighted by molar-refractivity contribution is -0.139. The minimum Gasteiger partial charge on any atom is -0.480 e. The predicted molar refractivity (Wildman–Crippen MR) is 172 cm³/mol. The number of thioether (sulfide) groups is 2. The highest BCUT2D eigenvalue weighted by Gasteiger charge is 2.25. The highest BCUT2D eigenvalue weighted by Crippen LogP contribution is 2.31. The maximum Gasteiger partial charge on any atom is 0.326 e. The molecule has 0 bridgehead atoms. The second kappa shape index (κ2) is 16.6. The number of carboxylic acid groups (broad SMARTS) is 1. The summed E-state index contributed by atoms with van der Waals surface area (Å²) in [5.41, 5.74) is 4.37. The third kappa shape index (κ3) is 9.77. The SMILES string of the molecule is CSCC[C@H](NC(=O)c1ccc(COC(CC2CCCCC2)CN2CCSCC2)cc1-c1ccccc1C)C(=O)O. The summed E-state index contributed by atoms with van der Waals surface area (Å²) in [4.78, 5) is 27.8. The number of aliphatic carboxylic acids is 1. The normalized spacial score (nSPS) is 18.1. The zero-order chi connectivity index (χ0) is 29.0. The van der Waals surface area contributed by atoms with Crippen LogP contribution in [-0.2, 0) is 16.1 Å². The Labute approximate surface area is 254 Å². The van der Waals surface area contributed by atoms with Crippen molar-refractivity contribution in [2.24, 2.45) is 5.92 Å². The summed E-state index contributed by atoms with van der Waals surface area (Å²) in [5, 5.41) is 12.4. The number of ether oxygens (including phenoxy) is 1. The van der Waals surface area contributed by atoms with Gasteiger partial charge in [0.1, 0.15) is 6.04 Å². The molecule has 0 radical (unpaired) electrons. The number of nitrogens with one attached hydrogen (secondary N) is 1. The Bertz CT molecular complexity index is 1110. The zero-order valence-electron chi connectivity index (χ0n) is 24.6. The molecule has 41 heavy (non-hydrogen) atoms. The molecule has 1 amide bonds. The number of hydrogen-bond acceptors (Lipinski definition) is 6. The van der Waals surface area contributed by atoms with E-state index in [9.17, 15) is 14.7 Å². The smallest absolute Gasteiger partial charge is 0.326 e. The summed E-state index contributed by atoms with van der Waals surface area (Å²) in [6, 6.07) is 13.0. The van der Waals surface area contributed by atoms with Crippen LogP contribution in [0.25, 0.3) is 11.1 Å². The Morgan fingerprint density at radius 3 is 2.56 bits per heavy atom. The van der Waals surface area contributed by atoms with Gasteiger partial charge >= 0.3 is 5.97 Å². The number of amides is 1. The molecule has 2 fully saturated rings. The number of aryl methyl sites for hydroxylation is 1. The molecule has 4 rings (SSSR count). The Morgan fingerprint density at radius 2 is 1.85 bits per heavy atom. The monoisotopic (exact) mass is 598 g/mol. The maximum absolute atomic E-state index is 13.4. The van der Waals surface area contributed by atoms with E-state index in [1.165, 1.54) is 43.6 Å². The van der Waals surface area contributed by atoms with Crippen LogP contribution in [0.2, 0.25) is 0 Å². The highest BCUT2D eigenvalue weighted by atomic mass is 32.2. The summed E-state index contributed by atoms with van der Waals surface area (Å²) in [6.45, 7) is 5.77. The standard InChI is InChI=1S/C33H46N2O4S2/c1-24-8-6-7-11-28(24)30-21-26(12-13-29(30)32(36)34-31(33(37)38)14-17-40-2)23-39-27(20-25-9-4-3-5-10-25)22-35-15-18-41-19-16-35/h6-8,11-13,21,25,27,31H,3-5,9-10,14-20,22-23H2,1-2H3,(H,34,36)(H,37,38)/t27?,31-/m0/s1. The lowest BCUT2D eigenvalue weighted by atomic mass is 9.85. The van der Waals surface area contributed by atoms with Crippen LogP contribution in [0.1, 0.15) is 66.4 Å². The van der Waals surface area contributed by atoms with Gasteiger partial charge in [0.05, 0.1) is 12.7 Å². The maximum atomic E-state index is 13.4. The molecule has 1 saturated carbocycles. The molecule has 0 spiro atoms. The minimum atomic E-state index is -1.01. The van der Waals surface area contributed by atoms with Gasteiger partial charge in [0.25, 0.3) is 5.91 Å². The average Bonchev–Trinajstić information content (AvgIpc) is 2.99. The Kier molecular flexibility index (Phi) is 12.9. The molecule has 6 nitrogen and oxygen atoms in total. The molecule has 2 N–H and O–H groups in total. The summed E-state index contributed by atoms with van der Waals surface area (Å²) >= 11 is 3.61. The lowest BCUT2D eigenvalue weighted by Gasteiger charge is -2.33. The van der Waals surface area contributed by atoms with E-state index in [-0.39, 0.29) is 12.0 Å². The molecule has 1 aliphatic carbocycles. The second-order valence-corrected chi connectivity index (χ2v) is 13.6. The molecule has 224 valence electrons. The Balaban J connectivity index is 1.53. The molecule has 1 aliphatic heterocycles. The summed E-state index contributed by atoms with van der Waals surface area (Å²) in [6.07, 6.45) is 10.3. The first-order valence-corrected chi connectivity index (χ1v) is 17.6.